The van der Waals surface area contributed by atoms with Gasteiger partial charge in [-0.05, 0) is 0 Å². The summed E-state index contributed by atoms with van der Waals surface area (Å²) in [6.45, 7) is 8.60. The number of nitrogens with one attached hydrogen (secondary N) is 2. The molecule has 7 heteroatoms. The SMILES string of the molecule is CC(C)C(=O)Nc1nnc(CC[NH+]2CCOCC2)s1. The number of hydrogen-bond acceptors (Lipinski definition) is 5. The first-order valence-corrected chi connectivity index (χ1v) is 7.51. The monoisotopic (exact) mass is 285 g/mol. The Labute approximate surface area is 117 Å². The summed E-state index contributed by atoms with van der Waals surface area (Å²) in [5, 5.41) is 12.5. The molecule has 1 aliphatic heterocycles. The highest BCUT2D eigenvalue weighted by atomic mass is 32.1. The Morgan fingerprint density at radius 2 is 2.16 bits per heavy atom. The van der Waals surface area contributed by atoms with Crippen LogP contribution in [-0.4, -0.2) is 49.0 Å². The van der Waals surface area contributed by atoms with Crippen molar-refractivity contribution in [1.82, 2.24) is 10.2 Å². The van der Waals surface area contributed by atoms with E-state index in [-0.39, 0.29) is 11.8 Å². The maximum atomic E-state index is 11.5. The van der Waals surface area contributed by atoms with E-state index in [1.165, 1.54) is 11.3 Å². The molecule has 0 saturated carbocycles. The number of hydrogen-bond donors (Lipinski definition) is 2. The molecule has 1 aromatic rings. The lowest BCUT2D eigenvalue weighted by Gasteiger charge is -2.23. The summed E-state index contributed by atoms with van der Waals surface area (Å²) in [5.74, 6) is -0.0494. The Balaban J connectivity index is 1.78. The average molecular weight is 285 g/mol. The summed E-state index contributed by atoms with van der Waals surface area (Å²) in [4.78, 5) is 13.1. The van der Waals surface area contributed by atoms with Crippen LogP contribution in [0.3, 0.4) is 0 Å². The third-order valence-electron chi connectivity index (χ3n) is 3.11. The van der Waals surface area contributed by atoms with Gasteiger partial charge in [-0.3, -0.25) is 4.79 Å². The van der Waals surface area contributed by atoms with Crippen LogP contribution in [0.5, 0.6) is 0 Å². The molecule has 0 radical (unpaired) electrons. The van der Waals surface area contributed by atoms with Gasteiger partial charge in [-0.2, -0.15) is 0 Å². The minimum Gasteiger partial charge on any atom is -0.370 e. The quantitative estimate of drug-likeness (QED) is 0.772. The third-order valence-corrected chi connectivity index (χ3v) is 4.01. The fraction of sp³-hybridized carbons (Fsp3) is 0.750. The van der Waals surface area contributed by atoms with E-state index >= 15 is 0 Å². The van der Waals surface area contributed by atoms with Gasteiger partial charge in [0.25, 0.3) is 0 Å². The molecule has 0 aliphatic carbocycles. The van der Waals surface area contributed by atoms with Crippen LogP contribution in [-0.2, 0) is 16.0 Å². The van der Waals surface area contributed by atoms with Gasteiger partial charge < -0.3 is 15.0 Å². The molecule has 0 atom stereocenters. The van der Waals surface area contributed by atoms with E-state index in [1.54, 1.807) is 4.90 Å². The standard InChI is InChI=1S/C12H20N4O2S/c1-9(2)11(17)13-12-15-14-10(19-12)3-4-16-5-7-18-8-6-16/h9H,3-8H2,1-2H3,(H,13,15,17)/p+1. The van der Waals surface area contributed by atoms with Crippen LogP contribution in [0, 0.1) is 5.92 Å². The number of nitrogens with zero attached hydrogens (tertiary/aromatic N) is 2. The molecule has 19 heavy (non-hydrogen) atoms. The summed E-state index contributed by atoms with van der Waals surface area (Å²) < 4.78 is 5.33. The van der Waals surface area contributed by atoms with Crippen molar-refractivity contribution in [2.75, 3.05) is 38.2 Å². The second-order valence-electron chi connectivity index (χ2n) is 5.01. The van der Waals surface area contributed by atoms with Gasteiger partial charge in [0, 0.05) is 5.92 Å². The lowest BCUT2D eigenvalue weighted by Crippen LogP contribution is -3.14. The second-order valence-corrected chi connectivity index (χ2v) is 6.07. The molecule has 0 unspecified atom stereocenters. The summed E-state index contributed by atoms with van der Waals surface area (Å²) in [7, 11) is 0. The number of amides is 1. The highest BCUT2D eigenvalue weighted by Crippen LogP contribution is 2.15. The fourth-order valence-electron chi connectivity index (χ4n) is 1.85. The van der Waals surface area contributed by atoms with Gasteiger partial charge >= 0.3 is 0 Å². The molecule has 6 nitrogen and oxygen atoms in total. The Hall–Kier alpha value is -1.05. The topological polar surface area (TPSA) is 68.5 Å². The first kappa shape index (κ1) is 14.4. The van der Waals surface area contributed by atoms with Crippen LogP contribution in [0.4, 0.5) is 5.13 Å². The van der Waals surface area contributed by atoms with Gasteiger partial charge in [-0.1, -0.05) is 25.2 Å². The minimum atomic E-state index is -0.0369. The highest BCUT2D eigenvalue weighted by Gasteiger charge is 2.15. The van der Waals surface area contributed by atoms with Crippen molar-refractivity contribution in [3.63, 3.8) is 0 Å². The normalized spacial score (nSPS) is 16.8. The Kier molecular flexibility index (Phi) is 5.24. The molecule has 106 valence electrons. The molecule has 2 N–H and O–H groups in total. The molecule has 1 saturated heterocycles. The number of rotatable bonds is 5. The molecular formula is C12H21N4O2S+. The molecule has 2 rings (SSSR count). The first-order chi connectivity index (χ1) is 9.15. The van der Waals surface area contributed by atoms with E-state index < -0.39 is 0 Å². The van der Waals surface area contributed by atoms with E-state index in [9.17, 15) is 4.79 Å². The zero-order chi connectivity index (χ0) is 13.7. The molecule has 0 aromatic carbocycles. The summed E-state index contributed by atoms with van der Waals surface area (Å²) >= 11 is 1.47. The molecule has 1 aromatic heterocycles. The number of quaternary nitrogens is 1. The van der Waals surface area contributed by atoms with Crippen molar-refractivity contribution in [3.05, 3.63) is 5.01 Å². The lowest BCUT2D eigenvalue weighted by atomic mass is 10.2. The van der Waals surface area contributed by atoms with Gasteiger partial charge in [-0.25, -0.2) is 0 Å². The summed E-state index contributed by atoms with van der Waals surface area (Å²) in [6, 6.07) is 0. The predicted molar refractivity (Wildman–Crippen MR) is 73.5 cm³/mol. The van der Waals surface area contributed by atoms with E-state index in [2.05, 4.69) is 15.5 Å². The maximum absolute atomic E-state index is 11.5. The molecule has 0 spiro atoms. The highest BCUT2D eigenvalue weighted by molar-refractivity contribution is 7.15. The van der Waals surface area contributed by atoms with E-state index in [0.29, 0.717) is 5.13 Å². The Morgan fingerprint density at radius 3 is 2.84 bits per heavy atom. The van der Waals surface area contributed by atoms with Gasteiger partial charge in [-0.15, -0.1) is 10.2 Å². The maximum Gasteiger partial charge on any atom is 0.228 e. The van der Waals surface area contributed by atoms with Gasteiger partial charge in [0.15, 0.2) is 0 Å². The fourth-order valence-corrected chi connectivity index (χ4v) is 2.59. The summed E-state index contributed by atoms with van der Waals surface area (Å²) in [6.07, 6.45) is 0.907. The summed E-state index contributed by atoms with van der Waals surface area (Å²) in [5.41, 5.74) is 0. The van der Waals surface area contributed by atoms with Gasteiger partial charge in [0.05, 0.1) is 26.2 Å². The third kappa shape index (κ3) is 4.52. The zero-order valence-electron chi connectivity index (χ0n) is 11.4. The zero-order valence-corrected chi connectivity index (χ0v) is 12.3. The molecule has 0 bridgehead atoms. The van der Waals surface area contributed by atoms with Crippen molar-refractivity contribution >= 4 is 22.4 Å². The van der Waals surface area contributed by atoms with E-state index in [1.807, 2.05) is 13.8 Å². The number of aromatic nitrogens is 2. The Bertz CT molecular complexity index is 416. The molecule has 1 fully saturated rings. The van der Waals surface area contributed by atoms with Gasteiger partial charge in [0.1, 0.15) is 18.1 Å². The number of morpholine rings is 1. The molecule has 1 aliphatic rings. The molecular weight excluding hydrogens is 264 g/mol. The molecule has 2 heterocycles. The van der Waals surface area contributed by atoms with Crippen molar-refractivity contribution in [2.24, 2.45) is 5.92 Å². The van der Waals surface area contributed by atoms with Crippen molar-refractivity contribution in [3.8, 4) is 0 Å². The van der Waals surface area contributed by atoms with Crippen LogP contribution in [0.1, 0.15) is 18.9 Å². The van der Waals surface area contributed by atoms with Crippen molar-refractivity contribution in [1.29, 1.82) is 0 Å². The van der Waals surface area contributed by atoms with Crippen LogP contribution in [0.25, 0.3) is 0 Å². The van der Waals surface area contributed by atoms with Crippen LogP contribution >= 0.6 is 11.3 Å². The average Bonchev–Trinajstić information content (AvgIpc) is 2.85. The number of carbonyl (C=O) groups is 1. The van der Waals surface area contributed by atoms with E-state index in [0.717, 1.165) is 44.3 Å². The first-order valence-electron chi connectivity index (χ1n) is 6.69. The number of anilines is 1. The smallest absolute Gasteiger partial charge is 0.228 e. The minimum absolute atomic E-state index is 0.0125. The van der Waals surface area contributed by atoms with Crippen LogP contribution in [0.15, 0.2) is 0 Å². The largest absolute Gasteiger partial charge is 0.370 e. The second kappa shape index (κ2) is 6.93. The number of carbonyl (C=O) groups excluding carboxylic acids is 1. The van der Waals surface area contributed by atoms with Crippen molar-refractivity contribution in [2.45, 2.75) is 20.3 Å². The van der Waals surface area contributed by atoms with Gasteiger partial charge in [0.2, 0.25) is 11.0 Å². The van der Waals surface area contributed by atoms with E-state index in [4.69, 9.17) is 4.74 Å². The lowest BCUT2D eigenvalue weighted by molar-refractivity contribution is -0.907. The molecule has 1 amide bonds. The predicted octanol–water partition coefficient (Wildman–Crippen LogP) is -0.410. The Morgan fingerprint density at radius 1 is 1.42 bits per heavy atom. The number of ether oxygens (including phenoxy) is 1. The van der Waals surface area contributed by atoms with Crippen LogP contribution in [0.2, 0.25) is 0 Å². The van der Waals surface area contributed by atoms with Crippen molar-refractivity contribution < 1.29 is 14.4 Å². The van der Waals surface area contributed by atoms with Crippen LogP contribution < -0.4 is 10.2 Å².